The number of benzene rings is 2. The molecule has 2 aromatic rings. The van der Waals surface area contributed by atoms with Crippen LogP contribution in [0.4, 0.5) is 0 Å². The van der Waals surface area contributed by atoms with E-state index < -0.39 is 10.0 Å². The lowest BCUT2D eigenvalue weighted by atomic mass is 10.2. The molecule has 0 spiro atoms. The van der Waals surface area contributed by atoms with Crippen LogP contribution in [0.15, 0.2) is 57.9 Å². The van der Waals surface area contributed by atoms with Crippen LogP contribution < -0.4 is 4.72 Å². The Bertz CT molecular complexity index is 669. The van der Waals surface area contributed by atoms with Gasteiger partial charge in [0.1, 0.15) is 0 Å². The molecule has 0 heterocycles. The average Bonchev–Trinajstić information content (AvgIpc) is 2.41. The molecule has 2 aromatic carbocycles. The van der Waals surface area contributed by atoms with Crippen LogP contribution >= 0.6 is 27.5 Å². The summed E-state index contributed by atoms with van der Waals surface area (Å²) < 4.78 is 27.5. The largest absolute Gasteiger partial charge is 0.240 e. The highest BCUT2D eigenvalue weighted by atomic mass is 79.9. The highest BCUT2D eigenvalue weighted by molar-refractivity contribution is 9.10. The molecule has 0 saturated carbocycles. The molecule has 20 heavy (non-hydrogen) atoms. The molecule has 0 bridgehead atoms. The Balaban J connectivity index is 1.96. The maximum Gasteiger partial charge on any atom is 0.240 e. The molecule has 0 unspecified atom stereocenters. The molecule has 0 aliphatic heterocycles. The fraction of sp³-hybridized carbons (Fsp3) is 0.143. The van der Waals surface area contributed by atoms with Gasteiger partial charge in [-0.05, 0) is 48.4 Å². The van der Waals surface area contributed by atoms with E-state index in [0.29, 0.717) is 18.0 Å². The van der Waals surface area contributed by atoms with Crippen LogP contribution in [0.2, 0.25) is 5.02 Å². The molecular weight excluding hydrogens is 362 g/mol. The number of nitrogens with one attached hydrogen (secondary N) is 1. The van der Waals surface area contributed by atoms with Crippen molar-refractivity contribution in [1.29, 1.82) is 0 Å². The smallest absolute Gasteiger partial charge is 0.211 e. The van der Waals surface area contributed by atoms with E-state index >= 15 is 0 Å². The number of sulfonamides is 1. The molecule has 3 nitrogen and oxygen atoms in total. The topological polar surface area (TPSA) is 46.2 Å². The van der Waals surface area contributed by atoms with Crippen molar-refractivity contribution in [2.24, 2.45) is 0 Å². The van der Waals surface area contributed by atoms with Crippen LogP contribution in [0, 0.1) is 0 Å². The van der Waals surface area contributed by atoms with Crippen LogP contribution in [0.5, 0.6) is 0 Å². The van der Waals surface area contributed by atoms with Crippen LogP contribution in [0.25, 0.3) is 0 Å². The number of rotatable bonds is 5. The number of hydrogen-bond donors (Lipinski definition) is 1. The Morgan fingerprint density at radius 1 is 1.00 bits per heavy atom. The Labute approximate surface area is 132 Å². The van der Waals surface area contributed by atoms with Gasteiger partial charge < -0.3 is 0 Å². The maximum atomic E-state index is 12.0. The van der Waals surface area contributed by atoms with E-state index in [1.54, 1.807) is 36.4 Å². The second-order valence-corrected chi connectivity index (χ2v) is 7.35. The fourth-order valence-corrected chi connectivity index (χ4v) is 3.10. The van der Waals surface area contributed by atoms with Crippen LogP contribution in [0.3, 0.4) is 0 Å². The normalized spacial score (nSPS) is 11.5. The third-order valence-electron chi connectivity index (χ3n) is 2.74. The van der Waals surface area contributed by atoms with E-state index in [0.717, 1.165) is 10.0 Å². The van der Waals surface area contributed by atoms with Crippen LogP contribution in [-0.2, 0) is 16.4 Å². The number of hydrogen-bond acceptors (Lipinski definition) is 2. The highest BCUT2D eigenvalue weighted by Crippen LogP contribution is 2.14. The van der Waals surface area contributed by atoms with E-state index in [2.05, 4.69) is 20.7 Å². The van der Waals surface area contributed by atoms with Crippen molar-refractivity contribution in [3.05, 3.63) is 63.6 Å². The van der Waals surface area contributed by atoms with Crippen LogP contribution in [-0.4, -0.2) is 15.0 Å². The summed E-state index contributed by atoms with van der Waals surface area (Å²) in [4.78, 5) is 0.261. The van der Waals surface area contributed by atoms with Gasteiger partial charge in [0.05, 0.1) is 4.90 Å². The third kappa shape index (κ3) is 4.31. The van der Waals surface area contributed by atoms with E-state index in [9.17, 15) is 8.42 Å². The molecule has 0 radical (unpaired) electrons. The van der Waals surface area contributed by atoms with Crippen molar-refractivity contribution >= 4 is 37.6 Å². The zero-order chi connectivity index (χ0) is 14.6. The zero-order valence-corrected chi connectivity index (χ0v) is 13.7. The summed E-state index contributed by atoms with van der Waals surface area (Å²) >= 11 is 9.07. The molecule has 1 N–H and O–H groups in total. The van der Waals surface area contributed by atoms with Gasteiger partial charge in [-0.2, -0.15) is 0 Å². The molecule has 106 valence electrons. The first kappa shape index (κ1) is 15.5. The monoisotopic (exact) mass is 373 g/mol. The lowest BCUT2D eigenvalue weighted by Crippen LogP contribution is -2.25. The van der Waals surface area contributed by atoms with Crippen molar-refractivity contribution in [1.82, 2.24) is 4.72 Å². The third-order valence-corrected chi connectivity index (χ3v) is 5.00. The minimum atomic E-state index is -3.45. The fourth-order valence-electron chi connectivity index (χ4n) is 1.68. The van der Waals surface area contributed by atoms with Crippen molar-refractivity contribution < 1.29 is 8.42 Å². The van der Waals surface area contributed by atoms with Gasteiger partial charge in [0.25, 0.3) is 0 Å². The first-order chi connectivity index (χ1) is 9.47. The predicted octanol–water partition coefficient (Wildman–Crippen LogP) is 3.62. The SMILES string of the molecule is O=S(=O)(NCCc1ccc(Cl)cc1)c1ccc(Br)cc1. The summed E-state index contributed by atoms with van der Waals surface area (Å²) in [6.07, 6.45) is 0.618. The lowest BCUT2D eigenvalue weighted by molar-refractivity contribution is 0.581. The van der Waals surface area contributed by atoms with Crippen molar-refractivity contribution in [3.63, 3.8) is 0 Å². The molecule has 0 aromatic heterocycles. The Kier molecular flexibility index (Phi) is 5.21. The summed E-state index contributed by atoms with van der Waals surface area (Å²) in [6, 6.07) is 13.9. The van der Waals surface area contributed by atoms with E-state index in [1.807, 2.05) is 12.1 Å². The molecule has 0 atom stereocenters. The standard InChI is InChI=1S/C14H13BrClNO2S/c15-12-3-7-14(8-4-12)20(18,19)17-10-9-11-1-5-13(16)6-2-11/h1-8,17H,9-10H2. The van der Waals surface area contributed by atoms with Gasteiger partial charge in [-0.3, -0.25) is 0 Å². The summed E-state index contributed by atoms with van der Waals surface area (Å²) in [7, 11) is -3.45. The van der Waals surface area contributed by atoms with Crippen molar-refractivity contribution in [2.75, 3.05) is 6.54 Å². The lowest BCUT2D eigenvalue weighted by Gasteiger charge is -2.07. The number of halogens is 2. The molecule has 0 aliphatic rings. The van der Waals surface area contributed by atoms with Gasteiger partial charge >= 0.3 is 0 Å². The summed E-state index contributed by atoms with van der Waals surface area (Å²) in [5.74, 6) is 0. The van der Waals surface area contributed by atoms with Gasteiger partial charge in [-0.15, -0.1) is 0 Å². The summed E-state index contributed by atoms with van der Waals surface area (Å²) in [5.41, 5.74) is 1.04. The maximum absolute atomic E-state index is 12.0. The molecule has 0 saturated heterocycles. The Hall–Kier alpha value is -0.880. The quantitative estimate of drug-likeness (QED) is 0.869. The highest BCUT2D eigenvalue weighted by Gasteiger charge is 2.12. The first-order valence-corrected chi connectivity index (χ1v) is 8.62. The van der Waals surface area contributed by atoms with Crippen molar-refractivity contribution in [2.45, 2.75) is 11.3 Å². The van der Waals surface area contributed by atoms with Crippen LogP contribution in [0.1, 0.15) is 5.56 Å². The second kappa shape index (κ2) is 6.72. The molecule has 0 aliphatic carbocycles. The van der Waals surface area contributed by atoms with E-state index in [-0.39, 0.29) is 4.90 Å². The molecular formula is C14H13BrClNO2S. The predicted molar refractivity (Wildman–Crippen MR) is 84.5 cm³/mol. The van der Waals surface area contributed by atoms with Gasteiger partial charge in [0.15, 0.2) is 0 Å². The summed E-state index contributed by atoms with van der Waals surface area (Å²) in [5, 5.41) is 0.671. The van der Waals surface area contributed by atoms with Crippen molar-refractivity contribution in [3.8, 4) is 0 Å². The summed E-state index contributed by atoms with van der Waals surface area (Å²) in [6.45, 7) is 0.347. The zero-order valence-electron chi connectivity index (χ0n) is 10.5. The molecule has 2 rings (SSSR count). The van der Waals surface area contributed by atoms with Gasteiger partial charge in [0.2, 0.25) is 10.0 Å². The van der Waals surface area contributed by atoms with Gasteiger partial charge in [-0.25, -0.2) is 13.1 Å². The first-order valence-electron chi connectivity index (χ1n) is 5.97. The van der Waals surface area contributed by atoms with Gasteiger partial charge in [0, 0.05) is 16.0 Å². The Morgan fingerprint density at radius 2 is 1.60 bits per heavy atom. The average molecular weight is 375 g/mol. The van der Waals surface area contributed by atoms with E-state index in [4.69, 9.17) is 11.6 Å². The minimum absolute atomic E-state index is 0.261. The molecule has 0 fully saturated rings. The molecule has 6 heteroatoms. The van der Waals surface area contributed by atoms with E-state index in [1.165, 1.54) is 0 Å². The second-order valence-electron chi connectivity index (χ2n) is 4.23. The van der Waals surface area contributed by atoms with Gasteiger partial charge in [-0.1, -0.05) is 39.7 Å². The molecule has 0 amide bonds. The Morgan fingerprint density at radius 3 is 2.20 bits per heavy atom. The minimum Gasteiger partial charge on any atom is -0.211 e.